The number of anilines is 1. The van der Waals surface area contributed by atoms with Crippen LogP contribution in [0.5, 0.6) is 0 Å². The molecule has 0 aliphatic carbocycles. The van der Waals surface area contributed by atoms with Crippen LogP contribution in [-0.4, -0.2) is 44.7 Å². The van der Waals surface area contributed by atoms with Gasteiger partial charge in [-0.1, -0.05) is 13.0 Å². The fourth-order valence-electron chi connectivity index (χ4n) is 1.66. The molecule has 0 fully saturated rings. The van der Waals surface area contributed by atoms with Gasteiger partial charge in [-0.05, 0) is 51.7 Å². The summed E-state index contributed by atoms with van der Waals surface area (Å²) in [5, 5.41) is 3.32. The second-order valence-corrected chi connectivity index (χ2v) is 4.80. The molecule has 0 saturated carbocycles. The summed E-state index contributed by atoms with van der Waals surface area (Å²) in [4.78, 5) is 13.9. The van der Waals surface area contributed by atoms with Crippen molar-refractivity contribution in [1.82, 2.24) is 4.90 Å². The van der Waals surface area contributed by atoms with Gasteiger partial charge in [0.05, 0.1) is 12.2 Å². The second kappa shape index (κ2) is 8.53. The first kappa shape index (κ1) is 15.5. The van der Waals surface area contributed by atoms with E-state index in [1.54, 1.807) is 6.07 Å². The van der Waals surface area contributed by atoms with Gasteiger partial charge >= 0.3 is 5.97 Å². The van der Waals surface area contributed by atoms with Gasteiger partial charge in [0.15, 0.2) is 0 Å². The van der Waals surface area contributed by atoms with Crippen LogP contribution >= 0.6 is 0 Å². The predicted octanol–water partition coefficient (Wildman–Crippen LogP) is 2.62. The Morgan fingerprint density at radius 2 is 2.16 bits per heavy atom. The molecular weight excluding hydrogens is 240 g/mol. The molecule has 4 heteroatoms. The Kier molecular flexibility index (Phi) is 6.97. The SMILES string of the molecule is CCCOC(=O)c1cccc(NCCCN(C)C)c1. The van der Waals surface area contributed by atoms with Gasteiger partial charge in [-0.15, -0.1) is 0 Å². The van der Waals surface area contributed by atoms with Crippen molar-refractivity contribution in [2.75, 3.05) is 39.1 Å². The monoisotopic (exact) mass is 264 g/mol. The topological polar surface area (TPSA) is 41.6 Å². The molecule has 0 saturated heterocycles. The fraction of sp³-hybridized carbons (Fsp3) is 0.533. The van der Waals surface area contributed by atoms with Crippen LogP contribution in [0, 0.1) is 0 Å². The number of carbonyl (C=O) groups excluding carboxylic acids is 1. The highest BCUT2D eigenvalue weighted by Crippen LogP contribution is 2.11. The normalized spacial score (nSPS) is 10.5. The molecule has 4 nitrogen and oxygen atoms in total. The van der Waals surface area contributed by atoms with E-state index in [4.69, 9.17) is 4.74 Å². The van der Waals surface area contributed by atoms with Crippen molar-refractivity contribution in [3.63, 3.8) is 0 Å². The Morgan fingerprint density at radius 1 is 1.37 bits per heavy atom. The largest absolute Gasteiger partial charge is 0.462 e. The molecule has 1 N–H and O–H groups in total. The molecule has 0 atom stereocenters. The third kappa shape index (κ3) is 6.25. The average molecular weight is 264 g/mol. The van der Waals surface area contributed by atoms with Crippen LogP contribution in [0.3, 0.4) is 0 Å². The second-order valence-electron chi connectivity index (χ2n) is 4.80. The first-order valence-electron chi connectivity index (χ1n) is 6.79. The van der Waals surface area contributed by atoms with Crippen LogP contribution < -0.4 is 5.32 Å². The summed E-state index contributed by atoms with van der Waals surface area (Å²) in [5.74, 6) is -0.251. The van der Waals surface area contributed by atoms with E-state index in [2.05, 4.69) is 24.3 Å². The maximum Gasteiger partial charge on any atom is 0.338 e. The summed E-state index contributed by atoms with van der Waals surface area (Å²) < 4.78 is 5.12. The van der Waals surface area contributed by atoms with Crippen molar-refractivity contribution in [3.05, 3.63) is 29.8 Å². The molecule has 0 radical (unpaired) electrons. The third-order valence-corrected chi connectivity index (χ3v) is 2.65. The Morgan fingerprint density at radius 3 is 2.84 bits per heavy atom. The van der Waals surface area contributed by atoms with E-state index in [9.17, 15) is 4.79 Å². The molecule has 0 heterocycles. The van der Waals surface area contributed by atoms with Crippen molar-refractivity contribution < 1.29 is 9.53 Å². The van der Waals surface area contributed by atoms with Crippen LogP contribution in [0.1, 0.15) is 30.1 Å². The van der Waals surface area contributed by atoms with Gasteiger partial charge in [0.1, 0.15) is 0 Å². The zero-order chi connectivity index (χ0) is 14.1. The number of esters is 1. The van der Waals surface area contributed by atoms with Crippen molar-refractivity contribution in [1.29, 1.82) is 0 Å². The molecular formula is C15H24N2O2. The van der Waals surface area contributed by atoms with E-state index in [1.165, 1.54) is 0 Å². The molecule has 0 spiro atoms. The molecule has 0 amide bonds. The zero-order valence-corrected chi connectivity index (χ0v) is 12.1. The summed E-state index contributed by atoms with van der Waals surface area (Å²) in [5.41, 5.74) is 1.57. The lowest BCUT2D eigenvalue weighted by Crippen LogP contribution is -2.16. The zero-order valence-electron chi connectivity index (χ0n) is 12.1. The number of carbonyl (C=O) groups is 1. The average Bonchev–Trinajstić information content (AvgIpc) is 2.41. The number of nitrogens with one attached hydrogen (secondary N) is 1. The highest BCUT2D eigenvalue weighted by Gasteiger charge is 2.06. The third-order valence-electron chi connectivity index (χ3n) is 2.65. The van der Waals surface area contributed by atoms with Gasteiger partial charge in [0, 0.05) is 12.2 Å². The lowest BCUT2D eigenvalue weighted by molar-refractivity contribution is 0.0505. The summed E-state index contributed by atoms with van der Waals surface area (Å²) in [6, 6.07) is 7.46. The van der Waals surface area contributed by atoms with Gasteiger partial charge in [-0.25, -0.2) is 4.79 Å². The number of hydrogen-bond acceptors (Lipinski definition) is 4. The number of benzene rings is 1. The van der Waals surface area contributed by atoms with E-state index in [0.29, 0.717) is 12.2 Å². The molecule has 0 aliphatic rings. The Balaban J connectivity index is 2.45. The van der Waals surface area contributed by atoms with Gasteiger partial charge < -0.3 is 15.0 Å². The molecule has 1 aromatic carbocycles. The van der Waals surface area contributed by atoms with Crippen molar-refractivity contribution in [3.8, 4) is 0 Å². The molecule has 106 valence electrons. The van der Waals surface area contributed by atoms with Gasteiger partial charge in [0.2, 0.25) is 0 Å². The molecule has 1 rings (SSSR count). The number of rotatable bonds is 8. The Hall–Kier alpha value is -1.55. The van der Waals surface area contributed by atoms with Crippen LogP contribution in [-0.2, 0) is 4.74 Å². The molecule has 0 unspecified atom stereocenters. The molecule has 1 aromatic rings. The minimum Gasteiger partial charge on any atom is -0.462 e. The molecule has 0 aliphatic heterocycles. The molecule has 19 heavy (non-hydrogen) atoms. The quantitative estimate of drug-likeness (QED) is 0.579. The van der Waals surface area contributed by atoms with Crippen LogP contribution in [0.15, 0.2) is 24.3 Å². The maximum absolute atomic E-state index is 11.7. The Bertz CT molecular complexity index is 391. The van der Waals surface area contributed by atoms with Crippen LogP contribution in [0.2, 0.25) is 0 Å². The summed E-state index contributed by atoms with van der Waals surface area (Å²) in [6.45, 7) is 4.40. The van der Waals surface area contributed by atoms with E-state index in [1.807, 2.05) is 25.1 Å². The van der Waals surface area contributed by atoms with Crippen molar-refractivity contribution in [2.45, 2.75) is 19.8 Å². The standard InChI is InChI=1S/C15H24N2O2/c1-4-11-19-15(18)13-7-5-8-14(12-13)16-9-6-10-17(2)3/h5,7-8,12,16H,4,6,9-11H2,1-3H3. The lowest BCUT2D eigenvalue weighted by Gasteiger charge is -2.11. The van der Waals surface area contributed by atoms with Crippen molar-refractivity contribution >= 4 is 11.7 Å². The number of hydrogen-bond donors (Lipinski definition) is 1. The minimum absolute atomic E-state index is 0.251. The molecule has 0 bridgehead atoms. The lowest BCUT2D eigenvalue weighted by atomic mass is 10.2. The first-order chi connectivity index (χ1) is 9.13. The highest BCUT2D eigenvalue weighted by molar-refractivity contribution is 5.90. The number of ether oxygens (including phenoxy) is 1. The molecule has 0 aromatic heterocycles. The number of nitrogens with zero attached hydrogens (tertiary/aromatic N) is 1. The van der Waals surface area contributed by atoms with Gasteiger partial charge in [-0.3, -0.25) is 0 Å². The van der Waals surface area contributed by atoms with E-state index in [0.717, 1.165) is 31.6 Å². The highest BCUT2D eigenvalue weighted by atomic mass is 16.5. The maximum atomic E-state index is 11.7. The summed E-state index contributed by atoms with van der Waals surface area (Å²) in [6.07, 6.45) is 1.91. The van der Waals surface area contributed by atoms with Gasteiger partial charge in [0.25, 0.3) is 0 Å². The van der Waals surface area contributed by atoms with Crippen LogP contribution in [0.4, 0.5) is 5.69 Å². The van der Waals surface area contributed by atoms with Crippen LogP contribution in [0.25, 0.3) is 0 Å². The van der Waals surface area contributed by atoms with E-state index in [-0.39, 0.29) is 5.97 Å². The Labute approximate surface area is 115 Å². The summed E-state index contributed by atoms with van der Waals surface area (Å²) >= 11 is 0. The van der Waals surface area contributed by atoms with Crippen molar-refractivity contribution in [2.24, 2.45) is 0 Å². The minimum atomic E-state index is -0.251. The fourth-order valence-corrected chi connectivity index (χ4v) is 1.66. The first-order valence-corrected chi connectivity index (χ1v) is 6.79. The summed E-state index contributed by atoms with van der Waals surface area (Å²) in [7, 11) is 4.12. The van der Waals surface area contributed by atoms with E-state index >= 15 is 0 Å². The predicted molar refractivity (Wildman–Crippen MR) is 78.7 cm³/mol. The smallest absolute Gasteiger partial charge is 0.338 e. The van der Waals surface area contributed by atoms with Gasteiger partial charge in [-0.2, -0.15) is 0 Å². The van der Waals surface area contributed by atoms with E-state index < -0.39 is 0 Å².